The van der Waals surface area contributed by atoms with Gasteiger partial charge in [0.15, 0.2) is 5.13 Å². The van der Waals surface area contributed by atoms with Crippen molar-refractivity contribution in [2.45, 2.75) is 19.8 Å². The first-order valence-corrected chi connectivity index (χ1v) is 8.34. The quantitative estimate of drug-likeness (QED) is 0.807. The van der Waals surface area contributed by atoms with Crippen molar-refractivity contribution in [1.29, 1.82) is 0 Å². The lowest BCUT2D eigenvalue weighted by atomic mass is 9.97. The van der Waals surface area contributed by atoms with E-state index in [0.717, 1.165) is 46.3 Å². The third-order valence-electron chi connectivity index (χ3n) is 3.72. The molecule has 1 aromatic carbocycles. The first-order chi connectivity index (χ1) is 10.2. The van der Waals surface area contributed by atoms with Crippen molar-refractivity contribution in [2.75, 3.05) is 24.6 Å². The smallest absolute Gasteiger partial charge is 0.309 e. The molecule has 3 rings (SSSR count). The largest absolute Gasteiger partial charge is 0.466 e. The van der Waals surface area contributed by atoms with Crippen molar-refractivity contribution < 1.29 is 9.53 Å². The molecule has 0 radical (unpaired) electrons. The lowest BCUT2D eigenvalue weighted by Crippen LogP contribution is -2.36. The van der Waals surface area contributed by atoms with Gasteiger partial charge < -0.3 is 9.64 Å². The van der Waals surface area contributed by atoms with Crippen LogP contribution in [-0.2, 0) is 9.53 Å². The van der Waals surface area contributed by atoms with Gasteiger partial charge in [-0.05, 0) is 38.0 Å². The zero-order valence-corrected chi connectivity index (χ0v) is 13.4. The van der Waals surface area contributed by atoms with Gasteiger partial charge in [-0.25, -0.2) is 4.98 Å². The molecule has 2 aromatic rings. The average molecular weight is 325 g/mol. The maximum atomic E-state index is 11.8. The fraction of sp³-hybridized carbons (Fsp3) is 0.467. The van der Waals surface area contributed by atoms with Crippen LogP contribution in [0.5, 0.6) is 0 Å². The van der Waals surface area contributed by atoms with Crippen LogP contribution in [0.15, 0.2) is 18.2 Å². The van der Waals surface area contributed by atoms with Crippen LogP contribution in [0.1, 0.15) is 19.8 Å². The first kappa shape index (κ1) is 14.6. The number of anilines is 1. The van der Waals surface area contributed by atoms with E-state index >= 15 is 0 Å². The van der Waals surface area contributed by atoms with E-state index in [0.29, 0.717) is 6.61 Å². The molecule has 0 bridgehead atoms. The lowest BCUT2D eigenvalue weighted by Gasteiger charge is -2.30. The number of rotatable bonds is 3. The molecule has 0 saturated carbocycles. The van der Waals surface area contributed by atoms with E-state index in [9.17, 15) is 4.79 Å². The van der Waals surface area contributed by atoms with Crippen LogP contribution in [0.2, 0.25) is 5.02 Å². The molecular weight excluding hydrogens is 308 g/mol. The van der Waals surface area contributed by atoms with Gasteiger partial charge in [0.05, 0.1) is 22.7 Å². The summed E-state index contributed by atoms with van der Waals surface area (Å²) < 4.78 is 6.20. The number of ether oxygens (including phenoxy) is 1. The standard InChI is InChI=1S/C15H17ClN2O2S/c1-2-20-14(19)10-5-7-18(8-6-10)15-17-12-4-3-11(16)9-13(12)21-15/h3-4,9-10H,2,5-8H2,1H3. The fourth-order valence-corrected chi connectivity index (χ4v) is 3.88. The molecule has 1 fully saturated rings. The number of hydrogen-bond donors (Lipinski definition) is 0. The molecule has 0 spiro atoms. The Morgan fingerprint density at radius 3 is 2.95 bits per heavy atom. The van der Waals surface area contributed by atoms with E-state index in [1.54, 1.807) is 11.3 Å². The molecule has 0 amide bonds. The molecule has 2 heterocycles. The molecule has 112 valence electrons. The fourth-order valence-electron chi connectivity index (χ4n) is 2.59. The highest BCUT2D eigenvalue weighted by Gasteiger charge is 2.27. The van der Waals surface area contributed by atoms with Gasteiger partial charge in [0.25, 0.3) is 0 Å². The van der Waals surface area contributed by atoms with Crippen LogP contribution in [0, 0.1) is 5.92 Å². The van der Waals surface area contributed by atoms with Crippen LogP contribution in [0.3, 0.4) is 0 Å². The number of carbonyl (C=O) groups is 1. The number of piperidine rings is 1. The topological polar surface area (TPSA) is 42.4 Å². The van der Waals surface area contributed by atoms with Gasteiger partial charge in [0, 0.05) is 18.1 Å². The number of fused-ring (bicyclic) bond motifs is 1. The van der Waals surface area contributed by atoms with Crippen LogP contribution in [0.25, 0.3) is 10.2 Å². The summed E-state index contributed by atoms with van der Waals surface area (Å²) in [7, 11) is 0. The summed E-state index contributed by atoms with van der Waals surface area (Å²) in [6, 6.07) is 5.76. The van der Waals surface area contributed by atoms with Crippen molar-refractivity contribution >= 4 is 44.3 Å². The summed E-state index contributed by atoms with van der Waals surface area (Å²) >= 11 is 7.66. The van der Waals surface area contributed by atoms with Gasteiger partial charge in [0.2, 0.25) is 0 Å². The highest BCUT2D eigenvalue weighted by Crippen LogP contribution is 2.33. The summed E-state index contributed by atoms with van der Waals surface area (Å²) in [5, 5.41) is 1.74. The molecule has 0 aliphatic carbocycles. The molecule has 21 heavy (non-hydrogen) atoms. The molecule has 0 unspecified atom stereocenters. The van der Waals surface area contributed by atoms with Crippen LogP contribution in [-0.4, -0.2) is 30.6 Å². The summed E-state index contributed by atoms with van der Waals surface area (Å²) in [6.07, 6.45) is 1.66. The molecular formula is C15H17ClN2O2S. The number of thiazole rings is 1. The Balaban J connectivity index is 1.69. The van der Waals surface area contributed by atoms with Gasteiger partial charge in [-0.2, -0.15) is 0 Å². The predicted octanol–water partition coefficient (Wildman–Crippen LogP) is 3.73. The van der Waals surface area contributed by atoms with Crippen LogP contribution >= 0.6 is 22.9 Å². The van der Waals surface area contributed by atoms with Crippen LogP contribution < -0.4 is 4.90 Å². The van der Waals surface area contributed by atoms with E-state index < -0.39 is 0 Å². The molecule has 1 aliphatic rings. The second-order valence-electron chi connectivity index (χ2n) is 5.12. The molecule has 1 aromatic heterocycles. The van der Waals surface area contributed by atoms with Crippen molar-refractivity contribution in [3.8, 4) is 0 Å². The molecule has 0 N–H and O–H groups in total. The van der Waals surface area contributed by atoms with Crippen molar-refractivity contribution in [1.82, 2.24) is 4.98 Å². The normalized spacial score (nSPS) is 16.4. The summed E-state index contributed by atoms with van der Waals surface area (Å²) in [6.45, 7) is 3.99. The number of hydrogen-bond acceptors (Lipinski definition) is 5. The lowest BCUT2D eigenvalue weighted by molar-refractivity contribution is -0.148. The maximum absolute atomic E-state index is 11.8. The van der Waals surface area contributed by atoms with Gasteiger partial charge in [0.1, 0.15) is 0 Å². The van der Waals surface area contributed by atoms with Crippen molar-refractivity contribution in [3.05, 3.63) is 23.2 Å². The number of nitrogens with zero attached hydrogens (tertiary/aromatic N) is 2. The maximum Gasteiger partial charge on any atom is 0.309 e. The Morgan fingerprint density at radius 1 is 1.48 bits per heavy atom. The predicted molar refractivity (Wildman–Crippen MR) is 86.2 cm³/mol. The number of halogens is 1. The summed E-state index contributed by atoms with van der Waals surface area (Å²) in [4.78, 5) is 18.6. The highest BCUT2D eigenvalue weighted by atomic mass is 35.5. The van der Waals surface area contributed by atoms with Crippen LogP contribution in [0.4, 0.5) is 5.13 Å². The van der Waals surface area contributed by atoms with Gasteiger partial charge in [-0.3, -0.25) is 4.79 Å². The second-order valence-corrected chi connectivity index (χ2v) is 6.57. The Bertz CT molecular complexity index is 650. The molecule has 1 aliphatic heterocycles. The molecule has 6 heteroatoms. The first-order valence-electron chi connectivity index (χ1n) is 7.15. The minimum absolute atomic E-state index is 0.0324. The highest BCUT2D eigenvalue weighted by molar-refractivity contribution is 7.22. The molecule has 4 nitrogen and oxygen atoms in total. The van der Waals surface area contributed by atoms with E-state index in [1.165, 1.54) is 0 Å². The minimum atomic E-state index is -0.0618. The number of benzene rings is 1. The Hall–Kier alpha value is -1.33. The Morgan fingerprint density at radius 2 is 2.24 bits per heavy atom. The zero-order chi connectivity index (χ0) is 14.8. The van der Waals surface area contributed by atoms with Gasteiger partial charge in [-0.15, -0.1) is 0 Å². The molecule has 1 saturated heterocycles. The third-order valence-corrected chi connectivity index (χ3v) is 5.04. The monoisotopic (exact) mass is 324 g/mol. The third kappa shape index (κ3) is 3.14. The average Bonchev–Trinajstić information content (AvgIpc) is 2.90. The number of carbonyl (C=O) groups excluding carboxylic acids is 1. The van der Waals surface area contributed by atoms with Gasteiger partial charge in [-0.1, -0.05) is 22.9 Å². The summed E-state index contributed by atoms with van der Waals surface area (Å²) in [5.74, 6) is -0.0294. The van der Waals surface area contributed by atoms with Crippen molar-refractivity contribution in [3.63, 3.8) is 0 Å². The Kier molecular flexibility index (Phi) is 4.31. The summed E-state index contributed by atoms with van der Waals surface area (Å²) in [5.41, 5.74) is 0.979. The minimum Gasteiger partial charge on any atom is -0.466 e. The Labute approximate surface area is 132 Å². The van der Waals surface area contributed by atoms with E-state index in [-0.39, 0.29) is 11.9 Å². The van der Waals surface area contributed by atoms with E-state index in [1.807, 2.05) is 25.1 Å². The van der Waals surface area contributed by atoms with Crippen molar-refractivity contribution in [2.24, 2.45) is 5.92 Å². The SMILES string of the molecule is CCOC(=O)C1CCN(c2nc3ccc(Cl)cc3s2)CC1. The number of aromatic nitrogens is 1. The second kappa shape index (κ2) is 6.20. The zero-order valence-electron chi connectivity index (χ0n) is 11.8. The van der Waals surface area contributed by atoms with E-state index in [2.05, 4.69) is 9.88 Å². The number of esters is 1. The van der Waals surface area contributed by atoms with Gasteiger partial charge >= 0.3 is 5.97 Å². The van der Waals surface area contributed by atoms with E-state index in [4.69, 9.17) is 16.3 Å². The molecule has 0 atom stereocenters.